The summed E-state index contributed by atoms with van der Waals surface area (Å²) in [6.07, 6.45) is 0.962. The van der Waals surface area contributed by atoms with Crippen molar-refractivity contribution < 1.29 is 63.0 Å². The molecule has 2 aromatic rings. The Morgan fingerprint density at radius 2 is 1.33 bits per heavy atom. The molecule has 4 rings (SSSR count). The van der Waals surface area contributed by atoms with E-state index in [4.69, 9.17) is 27.1 Å². The molecular weight excluding hydrogens is 1010 g/mol. The predicted molar refractivity (Wildman–Crippen MR) is 279 cm³/mol. The molecule has 2 heterocycles. The lowest BCUT2D eigenvalue weighted by molar-refractivity contribution is -0.142. The second kappa shape index (κ2) is 32.4. The lowest BCUT2D eigenvalue weighted by atomic mass is 9.99. The zero-order valence-corrected chi connectivity index (χ0v) is 43.9. The Morgan fingerprint density at radius 1 is 0.760 bits per heavy atom. The number of hydrogen-bond acceptors (Lipinski definition) is 15. The van der Waals surface area contributed by atoms with Gasteiger partial charge in [-0.1, -0.05) is 77.9 Å². The molecule has 2 aliphatic heterocycles. The van der Waals surface area contributed by atoms with Crippen molar-refractivity contribution in [1.82, 2.24) is 42.1 Å². The van der Waals surface area contributed by atoms with E-state index in [9.17, 15) is 53.1 Å². The number of primary amides is 2. The number of carbonyl (C=O) groups excluding carboxylic acids is 10. The molecule has 2 fully saturated rings. The first kappa shape index (κ1) is 62.4. The average molecular weight is 1090 g/mol. The number of aliphatic carboxylic acids is 1. The predicted octanol–water partition coefficient (Wildman–Crippen LogP) is -1.39. The van der Waals surface area contributed by atoms with Gasteiger partial charge in [-0.15, -0.1) is 0 Å². The molecule has 0 aromatic heterocycles. The number of benzene rings is 2. The monoisotopic (exact) mass is 1090 g/mol. The first-order chi connectivity index (χ1) is 35.6. The second-order valence-corrected chi connectivity index (χ2v) is 20.9. The fraction of sp³-hybridized carbons (Fsp3) is 0.531. The van der Waals surface area contributed by atoms with Gasteiger partial charge in [-0.25, -0.2) is 0 Å². The van der Waals surface area contributed by atoms with Gasteiger partial charge < -0.3 is 69.5 Å². The number of aromatic hydroxyl groups is 1. The van der Waals surface area contributed by atoms with Gasteiger partial charge in [-0.2, -0.15) is 0 Å². The van der Waals surface area contributed by atoms with Crippen molar-refractivity contribution in [3.8, 4) is 5.75 Å². The van der Waals surface area contributed by atoms with Crippen molar-refractivity contribution in [2.24, 2.45) is 23.1 Å². The fourth-order valence-corrected chi connectivity index (χ4v) is 10.1. The molecule has 2 saturated heterocycles. The molecule has 15 N–H and O–H groups in total. The smallest absolute Gasteiger partial charge is 0.300 e. The van der Waals surface area contributed by atoms with Gasteiger partial charge in [-0.05, 0) is 74.2 Å². The summed E-state index contributed by atoms with van der Waals surface area (Å²) in [6.45, 7) is 4.64. The maximum atomic E-state index is 14.5. The van der Waals surface area contributed by atoms with Crippen molar-refractivity contribution in [2.75, 3.05) is 31.1 Å². The maximum absolute atomic E-state index is 14.5. The van der Waals surface area contributed by atoms with E-state index >= 15 is 0 Å². The lowest BCUT2D eigenvalue weighted by Crippen LogP contribution is -2.61. The van der Waals surface area contributed by atoms with Crippen LogP contribution in [0.15, 0.2) is 54.6 Å². The Labute approximate surface area is 443 Å². The minimum Gasteiger partial charge on any atom is -0.508 e. The molecule has 2 aliphatic rings. The van der Waals surface area contributed by atoms with E-state index in [0.29, 0.717) is 36.9 Å². The molecule has 26 heteroatoms. The minimum absolute atomic E-state index is 0.00810. The highest BCUT2D eigenvalue weighted by Crippen LogP contribution is 2.26. The van der Waals surface area contributed by atoms with Gasteiger partial charge in [0.05, 0.1) is 13.0 Å². The Kier molecular flexibility index (Phi) is 26.9. The van der Waals surface area contributed by atoms with Crippen LogP contribution in [0.4, 0.5) is 0 Å². The molecule has 0 saturated carbocycles. The van der Waals surface area contributed by atoms with Gasteiger partial charge in [0.2, 0.25) is 59.1 Å². The summed E-state index contributed by atoms with van der Waals surface area (Å²) in [5, 5.41) is 35.9. The molecule has 2 aromatic carbocycles. The van der Waals surface area contributed by atoms with Crippen LogP contribution in [0, 0.1) is 5.92 Å². The molecule has 7 unspecified atom stereocenters. The van der Waals surface area contributed by atoms with Crippen LogP contribution in [0.5, 0.6) is 5.75 Å². The summed E-state index contributed by atoms with van der Waals surface area (Å²) in [6, 6.07) is 5.88. The quantitative estimate of drug-likeness (QED) is 0.0604. The van der Waals surface area contributed by atoms with Crippen molar-refractivity contribution in [2.45, 2.75) is 127 Å². The van der Waals surface area contributed by atoms with Crippen LogP contribution in [0.1, 0.15) is 83.3 Å². The van der Waals surface area contributed by atoms with Crippen molar-refractivity contribution in [1.29, 1.82) is 0 Å². The number of phenols is 1. The van der Waals surface area contributed by atoms with Crippen LogP contribution in [0.2, 0.25) is 0 Å². The number of phenolic OH excluding ortho intramolecular Hbond substituents is 1. The van der Waals surface area contributed by atoms with E-state index in [1.807, 2.05) is 0 Å². The standard InChI is InChI=1S/C47H67N11O11S2.C2H4O2/c1-27(2)21-32-42(64)56-35(24-38(49)60)45(67)57-36(47(69)58-19-8-12-37(58)46(68)53-31(11-6-7-18-48)41(63)51-25-39(50)61)26-71-70-20-17-40(62)52-33(23-29-13-15-30(59)16-14-29)43(65)55-34(44(66)54-32)22-28-9-4-3-5-10-28;1-2(3)4/h3-5,9-10,13-16,27,31-37,59H,6-8,11-12,17-26,48H2,1-2H3,(H2,49,60)(H2,50,61)(H,51,63)(H,52,62)(H,53,68)(H,54,66)(H,55,65)(H,56,64)(H,57,67);1H3,(H,3,4). The number of nitrogens with one attached hydrogen (secondary N) is 7. The summed E-state index contributed by atoms with van der Waals surface area (Å²) in [4.78, 5) is 146. The largest absolute Gasteiger partial charge is 0.508 e. The van der Waals surface area contributed by atoms with E-state index in [1.165, 1.54) is 27.8 Å². The van der Waals surface area contributed by atoms with Gasteiger partial charge in [0.15, 0.2) is 0 Å². The Hall–Kier alpha value is -6.93. The topological polar surface area (TPSA) is 394 Å². The third-order valence-electron chi connectivity index (χ3n) is 11.5. The Morgan fingerprint density at radius 3 is 1.93 bits per heavy atom. The van der Waals surface area contributed by atoms with E-state index in [0.717, 1.165) is 17.7 Å². The van der Waals surface area contributed by atoms with Crippen molar-refractivity contribution in [3.63, 3.8) is 0 Å². The van der Waals surface area contributed by atoms with E-state index < -0.39 is 120 Å². The summed E-state index contributed by atoms with van der Waals surface area (Å²) < 4.78 is 0. The molecule has 0 aliphatic carbocycles. The Bertz CT molecular complexity index is 2290. The highest BCUT2D eigenvalue weighted by molar-refractivity contribution is 8.76. The highest BCUT2D eigenvalue weighted by Gasteiger charge is 2.40. The van der Waals surface area contributed by atoms with Crippen molar-refractivity contribution >= 4 is 86.6 Å². The van der Waals surface area contributed by atoms with E-state index in [2.05, 4.69) is 37.2 Å². The molecule has 412 valence electrons. The molecule has 10 amide bonds. The molecule has 7 atom stereocenters. The second-order valence-electron chi connectivity index (χ2n) is 18.3. The number of amides is 10. The van der Waals surface area contributed by atoms with E-state index in [-0.39, 0.29) is 68.2 Å². The highest BCUT2D eigenvalue weighted by atomic mass is 33.1. The maximum Gasteiger partial charge on any atom is 0.300 e. The van der Waals surface area contributed by atoms with Gasteiger partial charge >= 0.3 is 0 Å². The minimum atomic E-state index is -1.64. The SMILES string of the molecule is CC(=O)O.CC(C)CC1NC(=O)C(Cc2ccccc2)NC(=O)C(Cc2ccc(O)cc2)NC(=O)CCSSCC(C(=O)N2CCCC2C(=O)NC(CCCCN)C(=O)NCC(N)=O)NC(=O)C(CC(N)=O)NC1=O. The number of carbonyl (C=O) groups is 11. The summed E-state index contributed by atoms with van der Waals surface area (Å²) in [7, 11) is 2.29. The zero-order chi connectivity index (χ0) is 55.6. The van der Waals surface area contributed by atoms with Gasteiger partial charge in [0.1, 0.15) is 48.0 Å². The van der Waals surface area contributed by atoms with Crippen LogP contribution in [0.3, 0.4) is 0 Å². The lowest BCUT2D eigenvalue weighted by Gasteiger charge is -2.31. The molecule has 24 nitrogen and oxygen atoms in total. The summed E-state index contributed by atoms with van der Waals surface area (Å²) in [5.74, 6) is -8.60. The number of nitrogens with two attached hydrogens (primary N) is 3. The normalized spacial score (nSPS) is 21.6. The molecule has 0 bridgehead atoms. The molecular formula is C49H71N11O13S2. The summed E-state index contributed by atoms with van der Waals surface area (Å²) >= 11 is 0. The fourth-order valence-electron chi connectivity index (χ4n) is 7.92. The number of carboxylic acid groups (broad SMARTS) is 1. The van der Waals surface area contributed by atoms with E-state index in [1.54, 1.807) is 56.3 Å². The number of unbranched alkanes of at least 4 members (excludes halogenated alkanes) is 1. The van der Waals surface area contributed by atoms with Crippen LogP contribution in [0.25, 0.3) is 0 Å². The Balaban J connectivity index is 0.00000357. The number of nitrogens with zero attached hydrogens (tertiary/aromatic N) is 1. The van der Waals surface area contributed by atoms with Crippen LogP contribution in [-0.2, 0) is 65.6 Å². The van der Waals surface area contributed by atoms with Crippen LogP contribution >= 0.6 is 21.6 Å². The third kappa shape index (κ3) is 23.0. The molecule has 0 radical (unpaired) electrons. The summed E-state index contributed by atoms with van der Waals surface area (Å²) in [5.41, 5.74) is 17.7. The first-order valence-corrected chi connectivity index (χ1v) is 27.0. The number of rotatable bonds is 18. The van der Waals surface area contributed by atoms with Gasteiger partial charge in [0.25, 0.3) is 5.97 Å². The first-order valence-electron chi connectivity index (χ1n) is 24.5. The molecule has 75 heavy (non-hydrogen) atoms. The average Bonchev–Trinajstić information content (AvgIpc) is 3.84. The van der Waals surface area contributed by atoms with Crippen LogP contribution in [-0.4, -0.2) is 154 Å². The van der Waals surface area contributed by atoms with Gasteiger partial charge in [0, 0.05) is 44.2 Å². The zero-order valence-electron chi connectivity index (χ0n) is 42.3. The van der Waals surface area contributed by atoms with Crippen LogP contribution < -0.4 is 54.4 Å². The number of hydrogen-bond donors (Lipinski definition) is 12. The number of likely N-dealkylation sites (tertiary alicyclic amines) is 1. The third-order valence-corrected chi connectivity index (χ3v) is 13.9. The van der Waals surface area contributed by atoms with Gasteiger partial charge in [-0.3, -0.25) is 52.7 Å². The van der Waals surface area contributed by atoms with Crippen molar-refractivity contribution in [3.05, 3.63) is 65.7 Å². The number of carboxylic acids is 1. The molecule has 0 spiro atoms.